The lowest BCUT2D eigenvalue weighted by molar-refractivity contribution is -0.387. The largest absolute Gasteiger partial charge is 0.374 e. The van der Waals surface area contributed by atoms with E-state index in [9.17, 15) is 10.1 Å². The molecule has 1 heterocycles. The van der Waals surface area contributed by atoms with Crippen LogP contribution in [0.1, 0.15) is 0 Å². The summed E-state index contributed by atoms with van der Waals surface area (Å²) in [7, 11) is 0. The van der Waals surface area contributed by atoms with Gasteiger partial charge in [0.15, 0.2) is 0 Å². The van der Waals surface area contributed by atoms with Crippen molar-refractivity contribution in [3.05, 3.63) is 40.7 Å². The van der Waals surface area contributed by atoms with Crippen molar-refractivity contribution in [2.24, 2.45) is 0 Å². The van der Waals surface area contributed by atoms with Gasteiger partial charge in [-0.05, 0) is 22.0 Å². The summed E-state index contributed by atoms with van der Waals surface area (Å²) >= 11 is 0. The van der Waals surface area contributed by atoms with E-state index in [1.807, 2.05) is 0 Å². The Bertz CT molecular complexity index is 464. The number of aromatic nitrogens is 2. The van der Waals surface area contributed by atoms with Gasteiger partial charge in [0.25, 0.3) is 0 Å². The molecule has 0 atom stereocenters. The number of hydrogen-bond acceptors (Lipinski definition) is 4. The molecular formula is C8H5N3O2. The zero-order valence-electron chi connectivity index (χ0n) is 6.54. The molecule has 2 rings (SSSR count). The van der Waals surface area contributed by atoms with E-state index in [-0.39, 0.29) is 5.82 Å². The molecule has 0 aliphatic carbocycles. The third-order valence-electron chi connectivity index (χ3n) is 1.69. The van der Waals surface area contributed by atoms with E-state index < -0.39 is 4.92 Å². The minimum absolute atomic E-state index is 0.148. The Hall–Kier alpha value is -2.04. The maximum atomic E-state index is 10.5. The molecule has 0 radical (unpaired) electrons. The van der Waals surface area contributed by atoms with Gasteiger partial charge in [-0.25, -0.2) is 4.98 Å². The van der Waals surface area contributed by atoms with Crippen molar-refractivity contribution < 1.29 is 4.92 Å². The van der Waals surface area contributed by atoms with Crippen LogP contribution in [0.5, 0.6) is 0 Å². The van der Waals surface area contributed by atoms with Gasteiger partial charge in [0.1, 0.15) is 0 Å². The van der Waals surface area contributed by atoms with Crippen LogP contribution in [0.25, 0.3) is 10.9 Å². The summed E-state index contributed by atoms with van der Waals surface area (Å²) in [5, 5.41) is 11.0. The zero-order valence-corrected chi connectivity index (χ0v) is 6.54. The van der Waals surface area contributed by atoms with E-state index in [0.717, 1.165) is 0 Å². The molecule has 0 N–H and O–H groups in total. The van der Waals surface area contributed by atoms with E-state index in [2.05, 4.69) is 9.97 Å². The van der Waals surface area contributed by atoms with Crippen LogP contribution in [0.2, 0.25) is 0 Å². The molecular weight excluding hydrogens is 170 g/mol. The minimum atomic E-state index is -0.510. The van der Waals surface area contributed by atoms with Gasteiger partial charge in [0, 0.05) is 0 Å². The van der Waals surface area contributed by atoms with E-state index in [1.54, 1.807) is 24.3 Å². The Morgan fingerprint density at radius 2 is 2.00 bits per heavy atom. The smallest absolute Gasteiger partial charge is 0.358 e. The highest BCUT2D eigenvalue weighted by Crippen LogP contribution is 2.19. The molecule has 5 heteroatoms. The van der Waals surface area contributed by atoms with Gasteiger partial charge in [-0.3, -0.25) is 0 Å². The standard InChI is InChI=1S/C8H5N3O2/c12-11(13)8-6-3-1-2-4-7(6)9-5-10-8/h1-5H. The third-order valence-corrected chi connectivity index (χ3v) is 1.69. The van der Waals surface area contributed by atoms with Crippen molar-refractivity contribution in [2.45, 2.75) is 0 Å². The van der Waals surface area contributed by atoms with Crippen LogP contribution in [-0.2, 0) is 0 Å². The van der Waals surface area contributed by atoms with Crippen LogP contribution in [-0.4, -0.2) is 14.9 Å². The maximum absolute atomic E-state index is 10.5. The zero-order chi connectivity index (χ0) is 9.26. The van der Waals surface area contributed by atoms with Crippen molar-refractivity contribution in [3.8, 4) is 0 Å². The van der Waals surface area contributed by atoms with Gasteiger partial charge in [-0.2, -0.15) is 0 Å². The predicted octanol–water partition coefficient (Wildman–Crippen LogP) is 1.54. The number of fused-ring (bicyclic) bond motifs is 1. The molecule has 2 aromatic rings. The van der Waals surface area contributed by atoms with E-state index in [4.69, 9.17) is 0 Å². The third kappa shape index (κ3) is 1.20. The lowest BCUT2D eigenvalue weighted by atomic mass is 10.2. The molecule has 64 valence electrons. The van der Waals surface area contributed by atoms with Crippen molar-refractivity contribution >= 4 is 16.7 Å². The van der Waals surface area contributed by atoms with Crippen LogP contribution in [0.15, 0.2) is 30.6 Å². The van der Waals surface area contributed by atoms with Crippen molar-refractivity contribution in [3.63, 3.8) is 0 Å². The topological polar surface area (TPSA) is 68.9 Å². The number of hydrogen-bond donors (Lipinski definition) is 0. The molecule has 0 unspecified atom stereocenters. The SMILES string of the molecule is O=[N+]([O-])c1ncnc2ccccc12. The van der Waals surface area contributed by atoms with Crippen molar-refractivity contribution in [1.82, 2.24) is 9.97 Å². The fourth-order valence-corrected chi connectivity index (χ4v) is 1.14. The second-order valence-corrected chi connectivity index (χ2v) is 2.47. The van der Waals surface area contributed by atoms with Crippen LogP contribution < -0.4 is 0 Å². The summed E-state index contributed by atoms with van der Waals surface area (Å²) < 4.78 is 0. The first kappa shape index (κ1) is 7.60. The first-order valence-electron chi connectivity index (χ1n) is 3.63. The normalized spacial score (nSPS) is 10.2. The summed E-state index contributed by atoms with van der Waals surface area (Å²) in [6.45, 7) is 0. The minimum Gasteiger partial charge on any atom is -0.358 e. The second kappa shape index (κ2) is 2.78. The van der Waals surface area contributed by atoms with Gasteiger partial charge in [-0.1, -0.05) is 12.1 Å². The highest BCUT2D eigenvalue weighted by atomic mass is 16.6. The molecule has 5 nitrogen and oxygen atoms in total. The number of rotatable bonds is 1. The predicted molar refractivity (Wildman–Crippen MR) is 46.2 cm³/mol. The fourth-order valence-electron chi connectivity index (χ4n) is 1.14. The number of nitro groups is 1. The first-order valence-corrected chi connectivity index (χ1v) is 3.63. The average molecular weight is 175 g/mol. The van der Waals surface area contributed by atoms with Crippen molar-refractivity contribution in [1.29, 1.82) is 0 Å². The Morgan fingerprint density at radius 1 is 1.23 bits per heavy atom. The molecule has 0 fully saturated rings. The molecule has 0 amide bonds. The number of nitrogens with zero attached hydrogens (tertiary/aromatic N) is 3. The van der Waals surface area contributed by atoms with Crippen LogP contribution in [0.4, 0.5) is 5.82 Å². The summed E-state index contributed by atoms with van der Waals surface area (Å²) in [4.78, 5) is 17.5. The Kier molecular flexibility index (Phi) is 1.63. The second-order valence-electron chi connectivity index (χ2n) is 2.47. The summed E-state index contributed by atoms with van der Waals surface area (Å²) in [5.74, 6) is -0.148. The monoisotopic (exact) mass is 175 g/mol. The van der Waals surface area contributed by atoms with Crippen molar-refractivity contribution in [2.75, 3.05) is 0 Å². The molecule has 13 heavy (non-hydrogen) atoms. The van der Waals surface area contributed by atoms with Crippen LogP contribution in [0, 0.1) is 10.1 Å². The summed E-state index contributed by atoms with van der Waals surface area (Å²) in [6, 6.07) is 6.84. The first-order chi connectivity index (χ1) is 6.29. The molecule has 1 aromatic heterocycles. The maximum Gasteiger partial charge on any atom is 0.374 e. The highest BCUT2D eigenvalue weighted by Gasteiger charge is 2.11. The Labute approximate surface area is 73.2 Å². The van der Waals surface area contributed by atoms with E-state index >= 15 is 0 Å². The van der Waals surface area contributed by atoms with Gasteiger partial charge < -0.3 is 10.1 Å². The van der Waals surface area contributed by atoms with E-state index in [1.165, 1.54) is 6.33 Å². The quantitative estimate of drug-likeness (QED) is 0.487. The molecule has 0 saturated heterocycles. The fraction of sp³-hybridized carbons (Fsp3) is 0. The molecule has 0 aliphatic rings. The average Bonchev–Trinajstić information content (AvgIpc) is 2.17. The molecule has 0 saturated carbocycles. The van der Waals surface area contributed by atoms with Crippen LogP contribution in [0.3, 0.4) is 0 Å². The van der Waals surface area contributed by atoms with Gasteiger partial charge in [0.2, 0.25) is 6.33 Å². The Morgan fingerprint density at radius 3 is 2.77 bits per heavy atom. The lowest BCUT2D eigenvalue weighted by Crippen LogP contribution is -1.94. The number of benzene rings is 1. The molecule has 0 spiro atoms. The summed E-state index contributed by atoms with van der Waals surface area (Å²) in [5.41, 5.74) is 0.587. The van der Waals surface area contributed by atoms with E-state index in [0.29, 0.717) is 10.9 Å². The van der Waals surface area contributed by atoms with Gasteiger partial charge in [-0.15, -0.1) is 0 Å². The molecule has 1 aromatic carbocycles. The van der Waals surface area contributed by atoms with Gasteiger partial charge >= 0.3 is 5.82 Å². The lowest BCUT2D eigenvalue weighted by Gasteiger charge is -1.95. The molecule has 0 bridgehead atoms. The van der Waals surface area contributed by atoms with Gasteiger partial charge in [0.05, 0.1) is 10.9 Å². The van der Waals surface area contributed by atoms with Crippen LogP contribution >= 0.6 is 0 Å². The highest BCUT2D eigenvalue weighted by molar-refractivity contribution is 5.85. The number of para-hydroxylation sites is 1. The summed E-state index contributed by atoms with van der Waals surface area (Å²) in [6.07, 6.45) is 1.19. The Balaban J connectivity index is 2.83. The molecule has 0 aliphatic heterocycles.